The summed E-state index contributed by atoms with van der Waals surface area (Å²) in [6, 6.07) is 11.8. The van der Waals surface area contributed by atoms with Gasteiger partial charge in [-0.3, -0.25) is 4.39 Å². The van der Waals surface area contributed by atoms with Crippen LogP contribution in [0, 0.1) is 0 Å². The minimum Gasteiger partial charge on any atom is -0.476 e. The van der Waals surface area contributed by atoms with Crippen LogP contribution in [0.3, 0.4) is 0 Å². The predicted molar refractivity (Wildman–Crippen MR) is 128 cm³/mol. The molecule has 0 amide bonds. The van der Waals surface area contributed by atoms with Crippen molar-refractivity contribution in [2.75, 3.05) is 31.4 Å². The van der Waals surface area contributed by atoms with Crippen LogP contribution in [0.2, 0.25) is 0 Å². The summed E-state index contributed by atoms with van der Waals surface area (Å²) in [7, 11) is -2.52. The molecule has 184 valence electrons. The third-order valence-electron chi connectivity index (χ3n) is 5.58. The van der Waals surface area contributed by atoms with Crippen LogP contribution in [0.4, 0.5) is 20.2 Å². The summed E-state index contributed by atoms with van der Waals surface area (Å²) in [5.41, 5.74) is 1.20. The molecule has 0 spiro atoms. The fraction of sp³-hybridized carbons (Fsp3) is 0.348. The highest BCUT2D eigenvalue weighted by Gasteiger charge is 2.37. The van der Waals surface area contributed by atoms with Gasteiger partial charge in [-0.1, -0.05) is 18.2 Å². The maximum Gasteiger partial charge on any atom is 0.368 e. The van der Waals surface area contributed by atoms with E-state index in [-0.39, 0.29) is 10.6 Å². The van der Waals surface area contributed by atoms with Crippen molar-refractivity contribution >= 4 is 39.1 Å². The Morgan fingerprint density at radius 2 is 1.97 bits per heavy atom. The lowest BCUT2D eigenvalue weighted by molar-refractivity contribution is -0.134. The number of anilines is 2. The van der Waals surface area contributed by atoms with Gasteiger partial charge in [0.15, 0.2) is 0 Å². The number of nitrogens with zero attached hydrogens (tertiary/aromatic N) is 2. The first-order valence-electron chi connectivity index (χ1n) is 10.5. The third kappa shape index (κ3) is 5.53. The van der Waals surface area contributed by atoms with E-state index in [0.717, 1.165) is 5.69 Å². The maximum absolute atomic E-state index is 13.6. The highest BCUT2D eigenvalue weighted by Crippen LogP contribution is 2.43. The maximum atomic E-state index is 13.6. The molecule has 7 nitrogen and oxygen atoms in total. The molecule has 0 bridgehead atoms. The fourth-order valence-electron chi connectivity index (χ4n) is 3.74. The second-order valence-electron chi connectivity index (χ2n) is 7.67. The summed E-state index contributed by atoms with van der Waals surface area (Å²) in [6.07, 6.45) is 3.53. The van der Waals surface area contributed by atoms with Crippen molar-refractivity contribution in [3.8, 4) is 5.75 Å². The molecule has 1 unspecified atom stereocenters. The number of para-hydroxylation sites is 1. The quantitative estimate of drug-likeness (QED) is 0.220. The van der Waals surface area contributed by atoms with Crippen molar-refractivity contribution in [2.45, 2.75) is 35.1 Å². The number of hydrogen-bond donors (Lipinski definition) is 1. The largest absolute Gasteiger partial charge is 0.476 e. The molecule has 3 rings (SSSR count). The Morgan fingerprint density at radius 3 is 2.59 bits per heavy atom. The predicted octanol–water partition coefficient (Wildman–Crippen LogP) is 4.96. The molecule has 0 saturated heterocycles. The molecule has 1 aliphatic heterocycles. The lowest BCUT2D eigenvalue weighted by Gasteiger charge is -2.29. The Balaban J connectivity index is 2.18. The average molecular weight is 513 g/mol. The molecule has 0 aliphatic carbocycles. The van der Waals surface area contributed by atoms with Gasteiger partial charge in [-0.15, -0.1) is 11.8 Å². The Hall–Kier alpha value is -2.63. The first-order chi connectivity index (χ1) is 16.2. The number of rotatable bonds is 9. The van der Waals surface area contributed by atoms with E-state index in [1.807, 2.05) is 35.2 Å². The number of halogens is 2. The molecule has 1 aliphatic rings. The number of fused-ring (bicyclic) bond motifs is 1. The summed E-state index contributed by atoms with van der Waals surface area (Å²) in [4.78, 5) is 13.1. The van der Waals surface area contributed by atoms with Crippen LogP contribution in [-0.4, -0.2) is 56.4 Å². The van der Waals surface area contributed by atoms with Crippen molar-refractivity contribution in [3.63, 3.8) is 0 Å². The van der Waals surface area contributed by atoms with E-state index in [4.69, 9.17) is 9.84 Å². The van der Waals surface area contributed by atoms with Gasteiger partial charge in [-0.2, -0.15) is 8.70 Å². The van der Waals surface area contributed by atoms with E-state index in [1.165, 1.54) is 29.2 Å². The Kier molecular flexibility index (Phi) is 8.56. The summed E-state index contributed by atoms with van der Waals surface area (Å²) < 4.78 is 60.0. The number of sulfonamides is 1. The Labute approximate surface area is 202 Å². The second-order valence-corrected chi connectivity index (χ2v) is 10.5. The molecular weight excluding hydrogens is 486 g/mol. The smallest absolute Gasteiger partial charge is 0.368 e. The summed E-state index contributed by atoms with van der Waals surface area (Å²) in [5.74, 6) is -3.29. The fourth-order valence-corrected chi connectivity index (χ4v) is 5.84. The number of ether oxygens (including phenoxy) is 1. The van der Waals surface area contributed by atoms with E-state index in [9.17, 15) is 22.0 Å². The van der Waals surface area contributed by atoms with Crippen molar-refractivity contribution in [3.05, 3.63) is 54.6 Å². The molecule has 1 N–H and O–H groups in total. The zero-order valence-corrected chi connectivity index (χ0v) is 20.4. The zero-order chi connectivity index (χ0) is 24.9. The molecule has 2 aromatic carbocycles. The van der Waals surface area contributed by atoms with Crippen LogP contribution in [-0.2, 0) is 14.8 Å². The molecule has 2 aromatic rings. The first kappa shape index (κ1) is 26.0. The molecule has 0 fully saturated rings. The molecule has 1 atom stereocenters. The molecular formula is C23H26F2N2O5S2. The topological polar surface area (TPSA) is 87.1 Å². The number of thioether (sulfide) groups is 1. The minimum atomic E-state index is -4.01. The van der Waals surface area contributed by atoms with Gasteiger partial charge in [0.25, 0.3) is 0 Å². The van der Waals surface area contributed by atoms with Crippen LogP contribution in [0.5, 0.6) is 5.75 Å². The molecule has 0 saturated carbocycles. The van der Waals surface area contributed by atoms with E-state index < -0.39 is 34.5 Å². The van der Waals surface area contributed by atoms with Gasteiger partial charge in [-0.05, 0) is 43.7 Å². The second kappa shape index (κ2) is 11.2. The standard InChI is InChI=1S/C23H26F2N2O5S2/c1-26-17(10-6-7-11-24)14-27(16-8-4-3-5-9-16)19-12-21(33-2)20(13-22(19)34(26,30)31)32-15-18(25)23(28)29/h3-5,8-9,12-13,15,17H,6-7,10-11,14H2,1-2H3,(H,28,29)/b18-15-. The third-order valence-corrected chi connectivity index (χ3v) is 8.28. The molecule has 34 heavy (non-hydrogen) atoms. The normalized spacial score (nSPS) is 18.3. The highest BCUT2D eigenvalue weighted by molar-refractivity contribution is 7.98. The van der Waals surface area contributed by atoms with Crippen molar-refractivity contribution < 1.29 is 31.8 Å². The van der Waals surface area contributed by atoms with E-state index >= 15 is 0 Å². The van der Waals surface area contributed by atoms with Crippen molar-refractivity contribution in [2.24, 2.45) is 0 Å². The summed E-state index contributed by atoms with van der Waals surface area (Å²) >= 11 is 1.25. The highest BCUT2D eigenvalue weighted by atomic mass is 32.2. The van der Waals surface area contributed by atoms with Crippen LogP contribution in [0.25, 0.3) is 0 Å². The number of hydrogen-bond acceptors (Lipinski definition) is 6. The molecule has 0 aromatic heterocycles. The Bertz CT molecular complexity index is 1160. The average Bonchev–Trinajstić information content (AvgIpc) is 2.91. The number of carbonyl (C=O) groups is 1. The van der Waals surface area contributed by atoms with E-state index in [1.54, 1.807) is 12.3 Å². The number of unbranched alkanes of at least 4 members (excludes halogenated alkanes) is 1. The lowest BCUT2D eigenvalue weighted by Crippen LogP contribution is -2.40. The Morgan fingerprint density at radius 1 is 1.26 bits per heavy atom. The van der Waals surface area contributed by atoms with Gasteiger partial charge in [0, 0.05) is 31.4 Å². The molecule has 1 heterocycles. The van der Waals surface area contributed by atoms with Gasteiger partial charge in [-0.25, -0.2) is 13.2 Å². The van der Waals surface area contributed by atoms with E-state index in [2.05, 4.69) is 0 Å². The van der Waals surface area contributed by atoms with Crippen LogP contribution >= 0.6 is 11.8 Å². The molecule has 11 heteroatoms. The minimum absolute atomic E-state index is 0.0171. The number of likely N-dealkylation sites (N-methyl/N-ethyl adjacent to an activating group) is 1. The molecule has 0 radical (unpaired) electrons. The van der Waals surface area contributed by atoms with Crippen molar-refractivity contribution in [1.29, 1.82) is 0 Å². The number of carboxylic acid groups (broad SMARTS) is 1. The zero-order valence-electron chi connectivity index (χ0n) is 18.8. The van der Waals surface area contributed by atoms with Gasteiger partial charge in [0.1, 0.15) is 16.9 Å². The number of benzene rings is 2. The van der Waals surface area contributed by atoms with Gasteiger partial charge in [0.2, 0.25) is 15.9 Å². The SMILES string of the molecule is CSc1cc2c(cc1O/C=C(\F)C(=O)O)S(=O)(=O)N(C)C(CCCCF)CN2c1ccccc1. The summed E-state index contributed by atoms with van der Waals surface area (Å²) in [6.45, 7) is -0.120. The lowest BCUT2D eigenvalue weighted by atomic mass is 10.1. The van der Waals surface area contributed by atoms with Crippen LogP contribution < -0.4 is 9.64 Å². The van der Waals surface area contributed by atoms with Crippen molar-refractivity contribution in [1.82, 2.24) is 4.31 Å². The van der Waals surface area contributed by atoms with Gasteiger partial charge in [0.05, 0.1) is 17.3 Å². The van der Waals surface area contributed by atoms with Crippen LogP contribution in [0.15, 0.2) is 64.3 Å². The first-order valence-corrected chi connectivity index (χ1v) is 13.2. The monoisotopic (exact) mass is 512 g/mol. The van der Waals surface area contributed by atoms with Gasteiger partial charge >= 0.3 is 5.97 Å². The number of aliphatic carboxylic acids is 1. The number of alkyl halides is 1. The van der Waals surface area contributed by atoms with Gasteiger partial charge < -0.3 is 14.7 Å². The van der Waals surface area contributed by atoms with Crippen LogP contribution in [0.1, 0.15) is 19.3 Å². The van der Waals surface area contributed by atoms with E-state index in [0.29, 0.717) is 42.7 Å². The summed E-state index contributed by atoms with van der Waals surface area (Å²) in [5, 5.41) is 8.75. The number of carboxylic acids is 1.